The van der Waals surface area contributed by atoms with Gasteiger partial charge in [-0.05, 0) is 39.7 Å². The Labute approximate surface area is 126 Å². The van der Waals surface area contributed by atoms with Crippen LogP contribution in [0.3, 0.4) is 0 Å². The van der Waals surface area contributed by atoms with E-state index in [2.05, 4.69) is 5.32 Å². The molecule has 0 spiro atoms. The second kappa shape index (κ2) is 7.81. The molecule has 1 aromatic carbocycles. The predicted octanol–water partition coefficient (Wildman–Crippen LogP) is 2.78. The normalized spacial score (nSPS) is 11.0. The maximum Gasteiger partial charge on any atom is 0.306 e. The number of esters is 1. The molecule has 1 N–H and O–H groups in total. The summed E-state index contributed by atoms with van der Waals surface area (Å²) in [6.07, 6.45) is 1.28. The first-order valence-corrected chi connectivity index (χ1v) is 7.30. The summed E-state index contributed by atoms with van der Waals surface area (Å²) in [4.78, 5) is 23.3. The molecular formula is C17H25NO3. The van der Waals surface area contributed by atoms with Crippen molar-refractivity contribution in [3.63, 3.8) is 0 Å². The number of hydrogen-bond donors (Lipinski definition) is 1. The summed E-state index contributed by atoms with van der Waals surface area (Å²) in [5, 5.41) is 2.82. The Kier molecular flexibility index (Phi) is 6.40. The van der Waals surface area contributed by atoms with Crippen LogP contribution in [0, 0.1) is 6.92 Å². The summed E-state index contributed by atoms with van der Waals surface area (Å²) >= 11 is 0. The van der Waals surface area contributed by atoms with Crippen molar-refractivity contribution < 1.29 is 14.3 Å². The third-order valence-electron chi connectivity index (χ3n) is 2.75. The van der Waals surface area contributed by atoms with Crippen LogP contribution in [-0.2, 0) is 20.7 Å². The number of hydrogen-bond acceptors (Lipinski definition) is 3. The third-order valence-corrected chi connectivity index (χ3v) is 2.75. The van der Waals surface area contributed by atoms with Crippen molar-refractivity contribution in [2.45, 2.75) is 52.6 Å². The molecule has 1 aromatic rings. The van der Waals surface area contributed by atoms with Crippen LogP contribution in [-0.4, -0.2) is 24.0 Å². The number of aryl methyl sites for hydroxylation is 1. The van der Waals surface area contributed by atoms with E-state index in [-0.39, 0.29) is 11.9 Å². The van der Waals surface area contributed by atoms with Crippen LogP contribution in [0.5, 0.6) is 0 Å². The summed E-state index contributed by atoms with van der Waals surface area (Å²) in [7, 11) is 0. The molecule has 4 nitrogen and oxygen atoms in total. The number of nitrogens with one attached hydrogen (secondary N) is 1. The topological polar surface area (TPSA) is 55.4 Å². The standard InChI is InChI=1S/C17H25NO3/c1-13-7-5-8-14(11-13)12-15(19)18-10-6-9-16(20)21-17(2,3)4/h5,7-8,11H,6,9-10,12H2,1-4H3,(H,18,19). The Bertz CT molecular complexity index is 489. The highest BCUT2D eigenvalue weighted by Crippen LogP contribution is 2.09. The molecule has 0 saturated carbocycles. The summed E-state index contributed by atoms with van der Waals surface area (Å²) in [5.41, 5.74) is 1.69. The minimum atomic E-state index is -0.453. The van der Waals surface area contributed by atoms with Gasteiger partial charge in [-0.15, -0.1) is 0 Å². The summed E-state index contributed by atoms with van der Waals surface area (Å²) in [5.74, 6) is -0.250. The molecule has 21 heavy (non-hydrogen) atoms. The maximum atomic E-state index is 11.8. The van der Waals surface area contributed by atoms with E-state index >= 15 is 0 Å². The Morgan fingerprint density at radius 2 is 1.95 bits per heavy atom. The van der Waals surface area contributed by atoms with Gasteiger partial charge in [0.1, 0.15) is 5.60 Å². The first kappa shape index (κ1) is 17.2. The number of carbonyl (C=O) groups is 2. The first-order valence-electron chi connectivity index (χ1n) is 7.30. The Hall–Kier alpha value is -1.84. The highest BCUT2D eigenvalue weighted by atomic mass is 16.6. The zero-order valence-corrected chi connectivity index (χ0v) is 13.4. The van der Waals surface area contributed by atoms with Crippen molar-refractivity contribution in [1.82, 2.24) is 5.32 Å². The van der Waals surface area contributed by atoms with Gasteiger partial charge < -0.3 is 10.1 Å². The first-order chi connectivity index (χ1) is 9.76. The minimum absolute atomic E-state index is 0.0233. The summed E-state index contributed by atoms with van der Waals surface area (Å²) in [6.45, 7) is 8.02. The molecule has 0 aliphatic heterocycles. The van der Waals surface area contributed by atoms with Crippen molar-refractivity contribution >= 4 is 11.9 Å². The quantitative estimate of drug-likeness (QED) is 0.647. The van der Waals surface area contributed by atoms with Crippen LogP contribution in [0.1, 0.15) is 44.7 Å². The molecule has 0 radical (unpaired) electrons. The monoisotopic (exact) mass is 291 g/mol. The van der Waals surface area contributed by atoms with Gasteiger partial charge in [0.15, 0.2) is 0 Å². The fourth-order valence-corrected chi connectivity index (χ4v) is 1.92. The van der Waals surface area contributed by atoms with Gasteiger partial charge in [0, 0.05) is 13.0 Å². The van der Waals surface area contributed by atoms with Gasteiger partial charge in [0.2, 0.25) is 5.91 Å². The molecule has 0 unspecified atom stereocenters. The van der Waals surface area contributed by atoms with E-state index in [0.717, 1.165) is 11.1 Å². The van der Waals surface area contributed by atoms with Crippen molar-refractivity contribution in [3.8, 4) is 0 Å². The number of benzene rings is 1. The number of amides is 1. The van der Waals surface area contributed by atoms with Gasteiger partial charge in [-0.25, -0.2) is 0 Å². The molecule has 0 saturated heterocycles. The Morgan fingerprint density at radius 1 is 1.24 bits per heavy atom. The SMILES string of the molecule is Cc1cccc(CC(=O)NCCCC(=O)OC(C)(C)C)c1. The summed E-state index contributed by atoms with van der Waals surface area (Å²) in [6, 6.07) is 7.89. The van der Waals surface area contributed by atoms with Gasteiger partial charge in [0.05, 0.1) is 6.42 Å². The summed E-state index contributed by atoms with van der Waals surface area (Å²) < 4.78 is 5.20. The molecule has 0 aliphatic rings. The third kappa shape index (κ3) is 8.12. The molecule has 0 atom stereocenters. The number of ether oxygens (including phenoxy) is 1. The van der Waals surface area contributed by atoms with Crippen molar-refractivity contribution in [2.24, 2.45) is 0 Å². The van der Waals surface area contributed by atoms with Gasteiger partial charge in [-0.2, -0.15) is 0 Å². The second-order valence-electron chi connectivity index (χ2n) is 6.21. The van der Waals surface area contributed by atoms with Crippen LogP contribution < -0.4 is 5.32 Å². The number of carbonyl (C=O) groups excluding carboxylic acids is 2. The molecule has 0 fully saturated rings. The van der Waals surface area contributed by atoms with Crippen molar-refractivity contribution in [1.29, 1.82) is 0 Å². The molecule has 116 valence electrons. The number of rotatable bonds is 6. The van der Waals surface area contributed by atoms with Crippen LogP contribution >= 0.6 is 0 Å². The zero-order valence-electron chi connectivity index (χ0n) is 13.4. The van der Waals surface area contributed by atoms with E-state index in [1.165, 1.54) is 0 Å². The van der Waals surface area contributed by atoms with Crippen LogP contribution in [0.2, 0.25) is 0 Å². The molecule has 1 rings (SSSR count). The van der Waals surface area contributed by atoms with Gasteiger partial charge in [-0.3, -0.25) is 9.59 Å². The van der Waals surface area contributed by atoms with Crippen molar-refractivity contribution in [3.05, 3.63) is 35.4 Å². The van der Waals surface area contributed by atoms with E-state index in [1.807, 2.05) is 52.0 Å². The average molecular weight is 291 g/mol. The lowest BCUT2D eigenvalue weighted by Crippen LogP contribution is -2.28. The Balaban J connectivity index is 2.21. The van der Waals surface area contributed by atoms with E-state index in [0.29, 0.717) is 25.8 Å². The fraction of sp³-hybridized carbons (Fsp3) is 0.529. The van der Waals surface area contributed by atoms with Gasteiger partial charge in [0.25, 0.3) is 0 Å². The van der Waals surface area contributed by atoms with Gasteiger partial charge >= 0.3 is 5.97 Å². The van der Waals surface area contributed by atoms with E-state index in [1.54, 1.807) is 0 Å². The minimum Gasteiger partial charge on any atom is -0.460 e. The predicted molar refractivity (Wildman–Crippen MR) is 83.0 cm³/mol. The van der Waals surface area contributed by atoms with E-state index in [9.17, 15) is 9.59 Å². The fourth-order valence-electron chi connectivity index (χ4n) is 1.92. The van der Waals surface area contributed by atoms with E-state index < -0.39 is 5.60 Å². The highest BCUT2D eigenvalue weighted by Gasteiger charge is 2.15. The average Bonchev–Trinajstić information content (AvgIpc) is 2.32. The van der Waals surface area contributed by atoms with Crippen LogP contribution in [0.4, 0.5) is 0 Å². The van der Waals surface area contributed by atoms with Crippen LogP contribution in [0.25, 0.3) is 0 Å². The van der Waals surface area contributed by atoms with Gasteiger partial charge in [-0.1, -0.05) is 29.8 Å². The molecule has 4 heteroatoms. The molecule has 0 aliphatic carbocycles. The molecule has 1 amide bonds. The zero-order chi connectivity index (χ0) is 15.9. The largest absolute Gasteiger partial charge is 0.460 e. The lowest BCUT2D eigenvalue weighted by molar-refractivity contribution is -0.155. The molecule has 0 heterocycles. The lowest BCUT2D eigenvalue weighted by Gasteiger charge is -2.19. The molecule has 0 aromatic heterocycles. The smallest absolute Gasteiger partial charge is 0.306 e. The van der Waals surface area contributed by atoms with E-state index in [4.69, 9.17) is 4.74 Å². The van der Waals surface area contributed by atoms with Crippen LogP contribution in [0.15, 0.2) is 24.3 Å². The highest BCUT2D eigenvalue weighted by molar-refractivity contribution is 5.78. The Morgan fingerprint density at radius 3 is 2.57 bits per heavy atom. The molecule has 0 bridgehead atoms. The second-order valence-corrected chi connectivity index (χ2v) is 6.21. The molecular weight excluding hydrogens is 266 g/mol. The maximum absolute atomic E-state index is 11.8. The van der Waals surface area contributed by atoms with Crippen molar-refractivity contribution in [2.75, 3.05) is 6.54 Å². The lowest BCUT2D eigenvalue weighted by atomic mass is 10.1.